The van der Waals surface area contributed by atoms with E-state index in [1.807, 2.05) is 13.8 Å². The molecule has 1 heterocycles. The van der Waals surface area contributed by atoms with E-state index in [9.17, 15) is 14.3 Å². The van der Waals surface area contributed by atoms with Gasteiger partial charge in [0, 0.05) is 5.56 Å². The van der Waals surface area contributed by atoms with Crippen molar-refractivity contribution >= 4 is 22.8 Å². The Labute approximate surface area is 145 Å². The molecule has 0 spiro atoms. The molecule has 1 aliphatic heterocycles. The average Bonchev–Trinajstić information content (AvgIpc) is 3.05. The lowest BCUT2D eigenvalue weighted by atomic mass is 9.85. The van der Waals surface area contributed by atoms with Crippen molar-refractivity contribution in [3.05, 3.63) is 35.6 Å². The summed E-state index contributed by atoms with van der Waals surface area (Å²) in [5, 5.41) is 14.1. The molecule has 1 amide bonds. The number of hydrogen-bond acceptors (Lipinski definition) is 4. The molecule has 2 fully saturated rings. The number of nitrogens with zero attached hydrogens (tertiary/aromatic N) is 1. The minimum absolute atomic E-state index is 0.222. The molecule has 0 bridgehead atoms. The predicted octanol–water partition coefficient (Wildman–Crippen LogP) is 3.34. The first-order valence-corrected chi connectivity index (χ1v) is 9.07. The van der Waals surface area contributed by atoms with Crippen molar-refractivity contribution in [2.75, 3.05) is 0 Å². The molecule has 24 heavy (non-hydrogen) atoms. The van der Waals surface area contributed by atoms with E-state index in [4.69, 9.17) is 0 Å². The van der Waals surface area contributed by atoms with Crippen LogP contribution in [0.25, 0.3) is 0 Å². The zero-order chi connectivity index (χ0) is 17.6. The van der Waals surface area contributed by atoms with Gasteiger partial charge < -0.3 is 10.4 Å². The van der Waals surface area contributed by atoms with Crippen molar-refractivity contribution in [1.29, 1.82) is 0 Å². The Kier molecular flexibility index (Phi) is 4.24. The molecule has 1 aromatic rings. The summed E-state index contributed by atoms with van der Waals surface area (Å²) in [6, 6.07) is 6.51. The summed E-state index contributed by atoms with van der Waals surface area (Å²) in [5.41, 5.74) is -1.36. The van der Waals surface area contributed by atoms with E-state index in [2.05, 4.69) is 10.3 Å². The van der Waals surface area contributed by atoms with Crippen LogP contribution in [0.3, 0.4) is 0 Å². The lowest BCUT2D eigenvalue weighted by Crippen LogP contribution is -2.53. The minimum Gasteiger partial charge on any atom is -0.388 e. The number of amidine groups is 1. The lowest BCUT2D eigenvalue weighted by Gasteiger charge is -2.35. The van der Waals surface area contributed by atoms with Gasteiger partial charge in [-0.2, -0.15) is 0 Å². The van der Waals surface area contributed by atoms with Gasteiger partial charge in [0.25, 0.3) is 0 Å². The molecule has 1 atom stereocenters. The van der Waals surface area contributed by atoms with Gasteiger partial charge in [-0.05, 0) is 39.7 Å². The molecule has 6 heteroatoms. The summed E-state index contributed by atoms with van der Waals surface area (Å²) in [6.07, 6.45) is 3.09. The molecule has 0 aromatic heterocycles. The third-order valence-corrected chi connectivity index (χ3v) is 6.55. The van der Waals surface area contributed by atoms with Crippen LogP contribution in [0.2, 0.25) is 0 Å². The highest BCUT2D eigenvalue weighted by Gasteiger charge is 2.58. The number of carbonyl (C=O) groups is 1. The van der Waals surface area contributed by atoms with Crippen molar-refractivity contribution in [1.82, 2.24) is 5.32 Å². The zero-order valence-corrected chi connectivity index (χ0v) is 15.0. The fourth-order valence-corrected chi connectivity index (χ4v) is 4.89. The van der Waals surface area contributed by atoms with Crippen LogP contribution in [0.1, 0.15) is 52.0 Å². The smallest absolute Gasteiger partial charge is 0.245 e. The number of hydrogen-bond donors (Lipinski definition) is 2. The highest BCUT2D eigenvalue weighted by molar-refractivity contribution is 8.16. The average molecular weight is 350 g/mol. The SMILES string of the molecule is CC(C)(N=C1NC(=O)[C@](C)(C2(O)CCCC2)S1)c1ccccc1F. The van der Waals surface area contributed by atoms with Crippen molar-refractivity contribution in [2.45, 2.75) is 62.3 Å². The minimum atomic E-state index is -1.01. The molecule has 4 nitrogen and oxygen atoms in total. The molecule has 3 rings (SSSR count). The Balaban J connectivity index is 1.90. The van der Waals surface area contributed by atoms with Crippen molar-refractivity contribution in [2.24, 2.45) is 4.99 Å². The lowest BCUT2D eigenvalue weighted by molar-refractivity contribution is -0.127. The van der Waals surface area contributed by atoms with E-state index in [1.165, 1.54) is 17.8 Å². The van der Waals surface area contributed by atoms with Gasteiger partial charge in [-0.25, -0.2) is 4.39 Å². The Morgan fingerprint density at radius 1 is 1.29 bits per heavy atom. The molecule has 1 saturated carbocycles. The standard InChI is InChI=1S/C18H23FN2O2S/c1-16(2,12-8-4-5-9-13(12)19)21-15-20-14(22)17(3,24-15)18(23)10-6-7-11-18/h4-5,8-9,23H,6-7,10-11H2,1-3H3,(H,20,21,22)/t17-/m1/s1. The van der Waals surface area contributed by atoms with E-state index in [1.54, 1.807) is 25.1 Å². The second-order valence-corrected chi connectivity index (χ2v) is 8.69. The first-order chi connectivity index (χ1) is 11.2. The largest absolute Gasteiger partial charge is 0.388 e. The maximum Gasteiger partial charge on any atom is 0.245 e. The second-order valence-electron chi connectivity index (χ2n) is 7.28. The van der Waals surface area contributed by atoms with E-state index in [-0.39, 0.29) is 11.7 Å². The Morgan fingerprint density at radius 3 is 2.54 bits per heavy atom. The number of carbonyl (C=O) groups excluding carboxylic acids is 1. The molecule has 1 aromatic carbocycles. The molecule has 1 saturated heterocycles. The van der Waals surface area contributed by atoms with Crippen molar-refractivity contribution in [3.8, 4) is 0 Å². The van der Waals surface area contributed by atoms with Gasteiger partial charge in [-0.1, -0.05) is 42.8 Å². The first-order valence-electron chi connectivity index (χ1n) is 8.26. The van der Waals surface area contributed by atoms with Crippen LogP contribution in [-0.4, -0.2) is 26.5 Å². The van der Waals surface area contributed by atoms with Crippen LogP contribution in [0.5, 0.6) is 0 Å². The molecule has 130 valence electrons. The number of aliphatic hydroxyl groups is 1. The van der Waals surface area contributed by atoms with Crippen LogP contribution in [0, 0.1) is 5.82 Å². The number of rotatable bonds is 3. The van der Waals surface area contributed by atoms with E-state index in [0.29, 0.717) is 23.6 Å². The number of amides is 1. The maximum absolute atomic E-state index is 14.1. The van der Waals surface area contributed by atoms with Gasteiger partial charge in [-0.3, -0.25) is 9.79 Å². The number of thioether (sulfide) groups is 1. The molecular weight excluding hydrogens is 327 g/mol. The second kappa shape index (κ2) is 5.85. The number of nitrogens with one attached hydrogen (secondary N) is 1. The van der Waals surface area contributed by atoms with Crippen molar-refractivity contribution in [3.63, 3.8) is 0 Å². The highest BCUT2D eigenvalue weighted by Crippen LogP contribution is 2.49. The quantitative estimate of drug-likeness (QED) is 0.879. The van der Waals surface area contributed by atoms with Crippen LogP contribution in [0.15, 0.2) is 29.3 Å². The third kappa shape index (κ3) is 2.75. The predicted molar refractivity (Wildman–Crippen MR) is 94.4 cm³/mol. The Bertz CT molecular complexity index is 698. The molecule has 1 aliphatic carbocycles. The zero-order valence-electron chi connectivity index (χ0n) is 14.2. The number of halogens is 1. The summed E-state index contributed by atoms with van der Waals surface area (Å²) in [6.45, 7) is 5.40. The van der Waals surface area contributed by atoms with E-state index in [0.717, 1.165) is 12.8 Å². The topological polar surface area (TPSA) is 61.7 Å². The fraction of sp³-hybridized carbons (Fsp3) is 0.556. The van der Waals surface area contributed by atoms with Gasteiger partial charge in [0.1, 0.15) is 10.6 Å². The number of aliphatic imine (C=N–C) groups is 1. The monoisotopic (exact) mass is 350 g/mol. The van der Waals surface area contributed by atoms with Crippen LogP contribution in [-0.2, 0) is 10.3 Å². The van der Waals surface area contributed by atoms with Gasteiger partial charge in [-0.15, -0.1) is 0 Å². The molecule has 2 N–H and O–H groups in total. The summed E-state index contributed by atoms with van der Waals surface area (Å²) in [4.78, 5) is 17.1. The summed E-state index contributed by atoms with van der Waals surface area (Å²) >= 11 is 1.26. The van der Waals surface area contributed by atoms with Crippen LogP contribution in [0.4, 0.5) is 4.39 Å². The van der Waals surface area contributed by atoms with E-state index < -0.39 is 15.9 Å². The van der Waals surface area contributed by atoms with Gasteiger partial charge >= 0.3 is 0 Å². The maximum atomic E-state index is 14.1. The Morgan fingerprint density at radius 2 is 1.92 bits per heavy atom. The molecule has 0 radical (unpaired) electrons. The van der Waals surface area contributed by atoms with E-state index >= 15 is 0 Å². The fourth-order valence-electron chi connectivity index (χ4n) is 3.55. The first kappa shape index (κ1) is 17.4. The molecule has 2 aliphatic rings. The van der Waals surface area contributed by atoms with Gasteiger partial charge in [0.15, 0.2) is 5.17 Å². The van der Waals surface area contributed by atoms with Crippen molar-refractivity contribution < 1.29 is 14.3 Å². The summed E-state index contributed by atoms with van der Waals surface area (Å²) in [5.74, 6) is -0.543. The molecular formula is C18H23FN2O2S. The third-order valence-electron chi connectivity index (χ3n) is 5.19. The highest BCUT2D eigenvalue weighted by atomic mass is 32.2. The van der Waals surface area contributed by atoms with Crippen LogP contribution < -0.4 is 5.32 Å². The normalized spacial score (nSPS) is 28.4. The summed E-state index contributed by atoms with van der Waals surface area (Å²) in [7, 11) is 0. The number of benzene rings is 1. The molecule has 0 unspecified atom stereocenters. The van der Waals surface area contributed by atoms with Crippen LogP contribution >= 0.6 is 11.8 Å². The Hall–Kier alpha value is -1.40. The van der Waals surface area contributed by atoms with Gasteiger partial charge in [0.05, 0.1) is 11.1 Å². The summed E-state index contributed by atoms with van der Waals surface area (Å²) < 4.78 is 13.1. The van der Waals surface area contributed by atoms with Gasteiger partial charge in [0.2, 0.25) is 5.91 Å².